The van der Waals surface area contributed by atoms with Gasteiger partial charge in [0.05, 0.1) is 5.92 Å². The largest absolute Gasteiger partial charge is 0.481 e. The van der Waals surface area contributed by atoms with Gasteiger partial charge in [0.15, 0.2) is 0 Å². The van der Waals surface area contributed by atoms with Gasteiger partial charge in [-0.05, 0) is 12.3 Å². The summed E-state index contributed by atoms with van der Waals surface area (Å²) in [5, 5.41) is 8.74. The van der Waals surface area contributed by atoms with E-state index in [1.54, 1.807) is 0 Å². The highest BCUT2D eigenvalue weighted by molar-refractivity contribution is 5.70. The Morgan fingerprint density at radius 1 is 1.62 bits per heavy atom. The third-order valence-corrected chi connectivity index (χ3v) is 1.66. The molecule has 0 bridgehead atoms. The molecule has 2 heteroatoms. The zero-order valence-corrected chi connectivity index (χ0v) is 8.16. The molecule has 0 spiro atoms. The fourth-order valence-electron chi connectivity index (χ4n) is 0.929. The molecule has 0 aliphatic heterocycles. The lowest BCUT2D eigenvalue weighted by molar-refractivity contribution is -0.141. The summed E-state index contributed by atoms with van der Waals surface area (Å²) < 4.78 is 0. The van der Waals surface area contributed by atoms with Crippen molar-refractivity contribution in [2.45, 2.75) is 26.7 Å². The van der Waals surface area contributed by atoms with Crippen LogP contribution in [0.25, 0.3) is 0 Å². The fourth-order valence-corrected chi connectivity index (χ4v) is 0.929. The van der Waals surface area contributed by atoms with Crippen molar-refractivity contribution in [3.05, 3.63) is 12.2 Å². The highest BCUT2D eigenvalue weighted by Crippen LogP contribution is 2.09. The summed E-state index contributed by atoms with van der Waals surface area (Å²) in [4.78, 5) is 10.6. The maximum Gasteiger partial charge on any atom is 0.307 e. The molecule has 0 radical (unpaired) electrons. The second-order valence-corrected chi connectivity index (χ2v) is 3.35. The molecule has 1 unspecified atom stereocenters. The van der Waals surface area contributed by atoms with Crippen molar-refractivity contribution < 1.29 is 9.90 Å². The summed E-state index contributed by atoms with van der Waals surface area (Å²) in [6.07, 6.45) is 9.77. The van der Waals surface area contributed by atoms with Crippen LogP contribution >= 0.6 is 0 Å². The van der Waals surface area contributed by atoms with Gasteiger partial charge >= 0.3 is 5.97 Å². The summed E-state index contributed by atoms with van der Waals surface area (Å²) in [7, 11) is 0. The lowest BCUT2D eigenvalue weighted by atomic mass is 10.0. The van der Waals surface area contributed by atoms with Gasteiger partial charge in [-0.2, -0.15) is 0 Å². The van der Waals surface area contributed by atoms with Gasteiger partial charge in [0, 0.05) is 6.42 Å². The zero-order chi connectivity index (χ0) is 10.3. The molecule has 0 aromatic heterocycles. The maximum absolute atomic E-state index is 10.6. The Hall–Kier alpha value is -1.23. The summed E-state index contributed by atoms with van der Waals surface area (Å²) in [6, 6.07) is 0. The minimum Gasteiger partial charge on any atom is -0.481 e. The van der Waals surface area contributed by atoms with Gasteiger partial charge in [0.1, 0.15) is 0 Å². The monoisotopic (exact) mass is 180 g/mol. The maximum atomic E-state index is 10.6. The van der Waals surface area contributed by atoms with E-state index >= 15 is 0 Å². The van der Waals surface area contributed by atoms with Crippen LogP contribution in [0.1, 0.15) is 26.7 Å². The lowest BCUT2D eigenvalue weighted by Crippen LogP contribution is -2.11. The van der Waals surface area contributed by atoms with Gasteiger partial charge in [-0.15, -0.1) is 12.3 Å². The van der Waals surface area contributed by atoms with Crippen LogP contribution in [0.15, 0.2) is 12.2 Å². The first-order valence-corrected chi connectivity index (χ1v) is 4.40. The number of terminal acetylenes is 1. The van der Waals surface area contributed by atoms with Gasteiger partial charge in [-0.25, -0.2) is 0 Å². The second-order valence-electron chi connectivity index (χ2n) is 3.35. The van der Waals surface area contributed by atoms with Crippen LogP contribution in [-0.4, -0.2) is 11.1 Å². The van der Waals surface area contributed by atoms with Crippen molar-refractivity contribution >= 4 is 5.97 Å². The van der Waals surface area contributed by atoms with Crippen LogP contribution in [0.5, 0.6) is 0 Å². The highest BCUT2D eigenvalue weighted by Gasteiger charge is 2.13. The van der Waals surface area contributed by atoms with Gasteiger partial charge < -0.3 is 5.11 Å². The molecule has 72 valence electrons. The van der Waals surface area contributed by atoms with Crippen LogP contribution in [0.4, 0.5) is 0 Å². The van der Waals surface area contributed by atoms with E-state index in [0.29, 0.717) is 18.8 Å². The van der Waals surface area contributed by atoms with Crippen LogP contribution in [0.3, 0.4) is 0 Å². The molecule has 0 heterocycles. The number of aliphatic carboxylic acids is 1. The molecule has 0 amide bonds. The number of hydrogen-bond acceptors (Lipinski definition) is 1. The zero-order valence-electron chi connectivity index (χ0n) is 8.16. The van der Waals surface area contributed by atoms with E-state index in [2.05, 4.69) is 5.92 Å². The summed E-state index contributed by atoms with van der Waals surface area (Å²) in [5.74, 6) is 1.59. The summed E-state index contributed by atoms with van der Waals surface area (Å²) in [6.45, 7) is 4.10. The predicted octanol–water partition coefficient (Wildman–Crippen LogP) is 2.31. The van der Waals surface area contributed by atoms with Crippen LogP contribution < -0.4 is 0 Å². The molecule has 0 aliphatic rings. The van der Waals surface area contributed by atoms with E-state index in [0.717, 1.165) is 0 Å². The third-order valence-electron chi connectivity index (χ3n) is 1.66. The van der Waals surface area contributed by atoms with Gasteiger partial charge in [0.2, 0.25) is 0 Å². The first kappa shape index (κ1) is 11.8. The number of carboxylic acids is 1. The van der Waals surface area contributed by atoms with Crippen molar-refractivity contribution in [1.29, 1.82) is 0 Å². The average molecular weight is 180 g/mol. The Morgan fingerprint density at radius 3 is 2.62 bits per heavy atom. The average Bonchev–Trinajstić information content (AvgIpc) is 2.02. The van der Waals surface area contributed by atoms with Crippen molar-refractivity contribution in [3.63, 3.8) is 0 Å². The number of carbonyl (C=O) groups is 1. The number of rotatable bonds is 5. The molecule has 1 N–H and O–H groups in total. The molecule has 2 nitrogen and oxygen atoms in total. The molecule has 1 atom stereocenters. The molecule has 0 aromatic carbocycles. The van der Waals surface area contributed by atoms with E-state index in [1.165, 1.54) is 0 Å². The Kier molecular flexibility index (Phi) is 5.71. The van der Waals surface area contributed by atoms with E-state index < -0.39 is 11.9 Å². The minimum absolute atomic E-state index is 0.303. The minimum atomic E-state index is -0.814. The third kappa shape index (κ3) is 5.98. The second kappa shape index (κ2) is 6.30. The quantitative estimate of drug-likeness (QED) is 0.520. The van der Waals surface area contributed by atoms with Crippen LogP contribution in [0.2, 0.25) is 0 Å². The molecule has 0 aromatic rings. The van der Waals surface area contributed by atoms with E-state index in [1.807, 2.05) is 26.0 Å². The number of carboxylic acid groups (broad SMARTS) is 1. The predicted molar refractivity (Wildman–Crippen MR) is 53.2 cm³/mol. The molecule has 0 aliphatic carbocycles. The molecule has 0 saturated carbocycles. The lowest BCUT2D eigenvalue weighted by Gasteiger charge is -2.04. The Balaban J connectivity index is 3.98. The van der Waals surface area contributed by atoms with Crippen molar-refractivity contribution in [3.8, 4) is 12.3 Å². The fraction of sp³-hybridized carbons (Fsp3) is 0.545. The molecular formula is C11H16O2. The molecule has 0 fully saturated rings. The molecular weight excluding hydrogens is 164 g/mol. The van der Waals surface area contributed by atoms with Crippen molar-refractivity contribution in [2.75, 3.05) is 0 Å². The normalized spacial score (nSPS) is 13.1. The van der Waals surface area contributed by atoms with E-state index in [-0.39, 0.29) is 0 Å². The number of hydrogen-bond donors (Lipinski definition) is 1. The standard InChI is InChI=1S/C11H16O2/c1-4-6-10(11(12)13)8-5-7-9(2)3/h1,5,7,9-10H,6,8H2,2-3H3,(H,12,13). The van der Waals surface area contributed by atoms with Crippen LogP contribution in [-0.2, 0) is 4.79 Å². The Morgan fingerprint density at radius 2 is 2.23 bits per heavy atom. The highest BCUT2D eigenvalue weighted by atomic mass is 16.4. The SMILES string of the molecule is C#CCC(CC=CC(C)C)C(=O)O. The first-order valence-electron chi connectivity index (χ1n) is 4.40. The molecule has 0 rings (SSSR count). The summed E-state index contributed by atoms with van der Waals surface area (Å²) >= 11 is 0. The van der Waals surface area contributed by atoms with Crippen LogP contribution in [0, 0.1) is 24.2 Å². The Bertz CT molecular complexity index is 221. The molecule has 13 heavy (non-hydrogen) atoms. The topological polar surface area (TPSA) is 37.3 Å². The Labute approximate surface area is 79.7 Å². The van der Waals surface area contributed by atoms with Gasteiger partial charge in [0.25, 0.3) is 0 Å². The van der Waals surface area contributed by atoms with Gasteiger partial charge in [-0.3, -0.25) is 4.79 Å². The van der Waals surface area contributed by atoms with Crippen molar-refractivity contribution in [1.82, 2.24) is 0 Å². The summed E-state index contributed by atoms with van der Waals surface area (Å²) in [5.41, 5.74) is 0. The van der Waals surface area contributed by atoms with Crippen molar-refractivity contribution in [2.24, 2.45) is 11.8 Å². The van der Waals surface area contributed by atoms with E-state index in [4.69, 9.17) is 11.5 Å². The smallest absolute Gasteiger partial charge is 0.307 e. The molecule has 0 saturated heterocycles. The number of allylic oxidation sites excluding steroid dienone is 2. The van der Waals surface area contributed by atoms with Gasteiger partial charge in [-0.1, -0.05) is 26.0 Å². The van der Waals surface area contributed by atoms with E-state index in [9.17, 15) is 4.79 Å². The first-order chi connectivity index (χ1) is 6.07.